The normalized spacial score (nSPS) is 20.0. The Balaban J connectivity index is 2.08. The van der Waals surface area contributed by atoms with Gasteiger partial charge in [-0.15, -0.1) is 0 Å². The van der Waals surface area contributed by atoms with Gasteiger partial charge in [-0.3, -0.25) is 4.79 Å². The Morgan fingerprint density at radius 3 is 2.76 bits per heavy atom. The van der Waals surface area contributed by atoms with Crippen molar-refractivity contribution in [1.82, 2.24) is 4.90 Å². The van der Waals surface area contributed by atoms with Crippen molar-refractivity contribution in [3.8, 4) is 0 Å². The van der Waals surface area contributed by atoms with E-state index in [9.17, 15) is 9.59 Å². The number of anilines is 1. The minimum Gasteiger partial charge on any atom is -0.466 e. The second-order valence-corrected chi connectivity index (χ2v) is 6.95. The van der Waals surface area contributed by atoms with Crippen molar-refractivity contribution in [3.05, 3.63) is 29.3 Å². The number of ether oxygens (including phenoxy) is 1. The minimum atomic E-state index is -0.272. The summed E-state index contributed by atoms with van der Waals surface area (Å²) in [6.45, 7) is 4.67. The maximum atomic E-state index is 12.9. The molecule has 0 aliphatic heterocycles. The summed E-state index contributed by atoms with van der Waals surface area (Å²) in [4.78, 5) is 26.4. The lowest BCUT2D eigenvalue weighted by molar-refractivity contribution is -0.143. The second kappa shape index (κ2) is 9.66. The molecular formula is C19H27ClN2O3. The van der Waals surface area contributed by atoms with E-state index in [1.165, 1.54) is 6.42 Å². The van der Waals surface area contributed by atoms with Gasteiger partial charge in [0, 0.05) is 23.3 Å². The Morgan fingerprint density at radius 2 is 2.08 bits per heavy atom. The largest absolute Gasteiger partial charge is 0.466 e. The van der Waals surface area contributed by atoms with Gasteiger partial charge in [0.1, 0.15) is 0 Å². The Bertz CT molecular complexity index is 594. The molecule has 1 N–H and O–H groups in total. The van der Waals surface area contributed by atoms with Crippen LogP contribution in [0.4, 0.5) is 10.5 Å². The van der Waals surface area contributed by atoms with Crippen LogP contribution in [-0.2, 0) is 9.53 Å². The Labute approximate surface area is 154 Å². The van der Waals surface area contributed by atoms with E-state index in [0.29, 0.717) is 29.8 Å². The maximum Gasteiger partial charge on any atom is 0.322 e. The van der Waals surface area contributed by atoms with Crippen molar-refractivity contribution < 1.29 is 14.3 Å². The third-order valence-electron chi connectivity index (χ3n) is 4.67. The fourth-order valence-electron chi connectivity index (χ4n) is 3.38. The molecule has 2 unspecified atom stereocenters. The molecule has 1 aromatic rings. The van der Waals surface area contributed by atoms with Gasteiger partial charge in [0.25, 0.3) is 0 Å². The molecule has 0 heterocycles. The zero-order valence-electron chi connectivity index (χ0n) is 15.0. The van der Waals surface area contributed by atoms with E-state index in [-0.39, 0.29) is 24.5 Å². The molecule has 1 fully saturated rings. The van der Waals surface area contributed by atoms with Gasteiger partial charge in [-0.2, -0.15) is 0 Å². The predicted octanol–water partition coefficient (Wildman–Crippen LogP) is 4.71. The maximum absolute atomic E-state index is 12.9. The topological polar surface area (TPSA) is 58.6 Å². The quantitative estimate of drug-likeness (QED) is 0.742. The van der Waals surface area contributed by atoms with Crippen LogP contribution in [0.15, 0.2) is 24.3 Å². The number of nitrogens with one attached hydrogen (secondary N) is 1. The highest BCUT2D eigenvalue weighted by Gasteiger charge is 2.30. The standard InChI is InChI=1S/C19H27ClN2O3/c1-3-25-18(23)11-12-22(17-10-5-4-7-14(17)2)19(24)21-16-9-6-8-15(20)13-16/h6,8-9,13-14,17H,3-5,7,10-12H2,1-2H3,(H,21,24). The van der Waals surface area contributed by atoms with Crippen molar-refractivity contribution in [2.45, 2.75) is 52.0 Å². The predicted molar refractivity (Wildman–Crippen MR) is 99.8 cm³/mol. The Kier molecular flexibility index (Phi) is 7.56. The number of hydrogen-bond donors (Lipinski definition) is 1. The second-order valence-electron chi connectivity index (χ2n) is 6.52. The van der Waals surface area contributed by atoms with Crippen LogP contribution in [0.1, 0.15) is 46.0 Å². The molecule has 0 saturated heterocycles. The molecule has 25 heavy (non-hydrogen) atoms. The zero-order chi connectivity index (χ0) is 18.2. The number of rotatable bonds is 6. The first kappa shape index (κ1) is 19.6. The number of hydrogen-bond acceptors (Lipinski definition) is 3. The summed E-state index contributed by atoms with van der Waals surface area (Å²) in [7, 11) is 0. The Hall–Kier alpha value is -1.75. The average Bonchev–Trinajstić information content (AvgIpc) is 2.57. The van der Waals surface area contributed by atoms with Gasteiger partial charge < -0.3 is 15.0 Å². The van der Waals surface area contributed by atoms with Gasteiger partial charge >= 0.3 is 12.0 Å². The summed E-state index contributed by atoms with van der Waals surface area (Å²) in [5.74, 6) is 0.146. The van der Waals surface area contributed by atoms with E-state index in [1.54, 1.807) is 36.1 Å². The molecular weight excluding hydrogens is 340 g/mol. The SMILES string of the molecule is CCOC(=O)CCN(C(=O)Nc1cccc(Cl)c1)C1CCCCC1C. The highest BCUT2D eigenvalue weighted by molar-refractivity contribution is 6.30. The monoisotopic (exact) mass is 366 g/mol. The van der Waals surface area contributed by atoms with E-state index < -0.39 is 0 Å². The van der Waals surface area contributed by atoms with Gasteiger partial charge in [0.2, 0.25) is 0 Å². The summed E-state index contributed by atoms with van der Waals surface area (Å²) in [5.41, 5.74) is 0.655. The average molecular weight is 367 g/mol. The van der Waals surface area contributed by atoms with Crippen molar-refractivity contribution in [2.24, 2.45) is 5.92 Å². The van der Waals surface area contributed by atoms with E-state index in [1.807, 2.05) is 0 Å². The lowest BCUT2D eigenvalue weighted by Crippen LogP contribution is -2.48. The van der Waals surface area contributed by atoms with Crippen molar-refractivity contribution in [3.63, 3.8) is 0 Å². The fourth-order valence-corrected chi connectivity index (χ4v) is 3.57. The molecule has 1 aliphatic rings. The molecule has 1 aromatic carbocycles. The lowest BCUT2D eigenvalue weighted by atomic mass is 9.85. The van der Waals surface area contributed by atoms with Crippen LogP contribution in [0.3, 0.4) is 0 Å². The molecule has 138 valence electrons. The van der Waals surface area contributed by atoms with Gasteiger partial charge in [-0.25, -0.2) is 4.79 Å². The number of esters is 1. The van der Waals surface area contributed by atoms with Crippen molar-refractivity contribution >= 4 is 29.3 Å². The highest BCUT2D eigenvalue weighted by Crippen LogP contribution is 2.29. The first-order valence-electron chi connectivity index (χ1n) is 9.00. The number of amides is 2. The number of urea groups is 1. The van der Waals surface area contributed by atoms with Crippen LogP contribution >= 0.6 is 11.6 Å². The van der Waals surface area contributed by atoms with Gasteiger partial charge in [0.15, 0.2) is 0 Å². The van der Waals surface area contributed by atoms with Crippen LogP contribution in [0.25, 0.3) is 0 Å². The van der Waals surface area contributed by atoms with E-state index in [2.05, 4.69) is 12.2 Å². The third kappa shape index (κ3) is 5.92. The third-order valence-corrected chi connectivity index (χ3v) is 4.90. The van der Waals surface area contributed by atoms with Gasteiger partial charge in [-0.1, -0.05) is 37.4 Å². The number of carbonyl (C=O) groups is 2. The molecule has 2 amide bonds. The smallest absolute Gasteiger partial charge is 0.322 e. The molecule has 2 rings (SSSR count). The van der Waals surface area contributed by atoms with Crippen molar-refractivity contribution in [2.75, 3.05) is 18.5 Å². The number of halogens is 1. The van der Waals surface area contributed by atoms with Crippen LogP contribution in [0, 0.1) is 5.92 Å². The van der Waals surface area contributed by atoms with Crippen LogP contribution in [-0.4, -0.2) is 36.1 Å². The minimum absolute atomic E-state index is 0.141. The van der Waals surface area contributed by atoms with Crippen LogP contribution in [0.2, 0.25) is 5.02 Å². The summed E-state index contributed by atoms with van der Waals surface area (Å²) in [6, 6.07) is 7.03. The molecule has 5 nitrogen and oxygen atoms in total. The molecule has 0 bridgehead atoms. The van der Waals surface area contributed by atoms with E-state index >= 15 is 0 Å². The summed E-state index contributed by atoms with van der Waals surface area (Å²) >= 11 is 5.99. The van der Waals surface area contributed by atoms with E-state index in [4.69, 9.17) is 16.3 Å². The van der Waals surface area contributed by atoms with Crippen LogP contribution < -0.4 is 5.32 Å². The fraction of sp³-hybridized carbons (Fsp3) is 0.579. The molecule has 1 saturated carbocycles. The van der Waals surface area contributed by atoms with Crippen LogP contribution in [0.5, 0.6) is 0 Å². The molecule has 0 spiro atoms. The summed E-state index contributed by atoms with van der Waals surface area (Å²) < 4.78 is 5.01. The summed E-state index contributed by atoms with van der Waals surface area (Å²) in [5, 5.41) is 3.48. The Morgan fingerprint density at radius 1 is 1.32 bits per heavy atom. The zero-order valence-corrected chi connectivity index (χ0v) is 15.7. The van der Waals surface area contributed by atoms with E-state index in [0.717, 1.165) is 19.3 Å². The molecule has 0 radical (unpaired) electrons. The summed E-state index contributed by atoms with van der Waals surface area (Å²) in [6.07, 6.45) is 4.58. The number of carbonyl (C=O) groups excluding carboxylic acids is 2. The van der Waals surface area contributed by atoms with Crippen molar-refractivity contribution in [1.29, 1.82) is 0 Å². The molecule has 2 atom stereocenters. The van der Waals surface area contributed by atoms with Gasteiger partial charge in [0.05, 0.1) is 13.0 Å². The molecule has 0 aromatic heterocycles. The molecule has 6 heteroatoms. The number of benzene rings is 1. The lowest BCUT2D eigenvalue weighted by Gasteiger charge is -2.38. The highest BCUT2D eigenvalue weighted by atomic mass is 35.5. The number of nitrogens with zero attached hydrogens (tertiary/aromatic N) is 1. The first-order chi connectivity index (χ1) is 12.0. The molecule has 1 aliphatic carbocycles. The van der Waals surface area contributed by atoms with Gasteiger partial charge in [-0.05, 0) is 43.9 Å². The first-order valence-corrected chi connectivity index (χ1v) is 9.38.